The number of sulfonamides is 1. The highest BCUT2D eigenvalue weighted by Gasteiger charge is 2.18. The maximum atomic E-state index is 12.0. The van der Waals surface area contributed by atoms with Crippen molar-refractivity contribution < 1.29 is 18.3 Å². The summed E-state index contributed by atoms with van der Waals surface area (Å²) in [7, 11) is -3.85. The van der Waals surface area contributed by atoms with E-state index in [2.05, 4.69) is 25.3 Å². The number of halogens is 1. The van der Waals surface area contributed by atoms with Crippen molar-refractivity contribution in [1.82, 2.24) is 25.3 Å². The Labute approximate surface area is 127 Å². The summed E-state index contributed by atoms with van der Waals surface area (Å²) >= 11 is 1.82. The summed E-state index contributed by atoms with van der Waals surface area (Å²) in [5, 5.41) is 21.7. The van der Waals surface area contributed by atoms with Gasteiger partial charge in [0.25, 0.3) is 0 Å². The summed E-state index contributed by atoms with van der Waals surface area (Å²) in [6.45, 7) is -0.146. The van der Waals surface area contributed by atoms with E-state index in [9.17, 15) is 13.2 Å². The van der Waals surface area contributed by atoms with Crippen LogP contribution in [-0.2, 0) is 16.6 Å². The molecule has 106 valence electrons. The minimum absolute atomic E-state index is 0.0759. The Morgan fingerprint density at radius 1 is 1.45 bits per heavy atom. The Hall–Kier alpha value is -1.60. The van der Waals surface area contributed by atoms with Crippen LogP contribution in [0.15, 0.2) is 23.1 Å². The molecule has 1 heterocycles. The van der Waals surface area contributed by atoms with Crippen LogP contribution in [0.2, 0.25) is 0 Å². The van der Waals surface area contributed by atoms with Crippen LogP contribution >= 0.6 is 22.6 Å². The van der Waals surface area contributed by atoms with Gasteiger partial charge in [-0.1, -0.05) is 5.21 Å². The van der Waals surface area contributed by atoms with Crippen molar-refractivity contribution in [3.05, 3.63) is 33.2 Å². The van der Waals surface area contributed by atoms with Crippen LogP contribution in [0.3, 0.4) is 0 Å². The van der Waals surface area contributed by atoms with Crippen molar-refractivity contribution >= 4 is 38.6 Å². The number of carbonyl (C=O) groups is 1. The molecule has 0 unspecified atom stereocenters. The molecule has 11 heteroatoms. The predicted molar refractivity (Wildman–Crippen MR) is 74.3 cm³/mol. The Bertz CT molecular complexity index is 731. The van der Waals surface area contributed by atoms with Gasteiger partial charge in [-0.3, -0.25) is 0 Å². The maximum Gasteiger partial charge on any atom is 0.336 e. The maximum absolute atomic E-state index is 12.0. The third-order valence-electron chi connectivity index (χ3n) is 2.29. The molecule has 0 saturated carbocycles. The van der Waals surface area contributed by atoms with E-state index in [1.807, 2.05) is 22.6 Å². The van der Waals surface area contributed by atoms with Gasteiger partial charge in [-0.15, -0.1) is 10.2 Å². The SMILES string of the molecule is O=C(O)c1cc(S(=O)(=O)NCc2nn[nH]n2)ccc1I. The van der Waals surface area contributed by atoms with Crippen LogP contribution < -0.4 is 4.72 Å². The van der Waals surface area contributed by atoms with Crippen LogP contribution in [-0.4, -0.2) is 40.1 Å². The molecule has 0 atom stereocenters. The Balaban J connectivity index is 2.25. The summed E-state index contributed by atoms with van der Waals surface area (Å²) in [5.41, 5.74) is -0.0759. The second-order valence-corrected chi connectivity index (χ2v) is 6.53. The number of rotatable bonds is 5. The van der Waals surface area contributed by atoms with Gasteiger partial charge in [0.1, 0.15) is 0 Å². The van der Waals surface area contributed by atoms with Gasteiger partial charge in [0, 0.05) is 3.57 Å². The fourth-order valence-corrected chi connectivity index (χ4v) is 2.91. The van der Waals surface area contributed by atoms with Crippen LogP contribution in [0, 0.1) is 3.57 Å². The summed E-state index contributed by atoms with van der Waals surface area (Å²) in [5.74, 6) is -1.01. The number of benzene rings is 1. The first-order valence-electron chi connectivity index (χ1n) is 5.15. The fourth-order valence-electron chi connectivity index (χ4n) is 1.34. The highest BCUT2D eigenvalue weighted by molar-refractivity contribution is 14.1. The van der Waals surface area contributed by atoms with Crippen molar-refractivity contribution in [3.63, 3.8) is 0 Å². The molecule has 1 aromatic heterocycles. The molecule has 0 saturated heterocycles. The molecule has 9 nitrogen and oxygen atoms in total. The lowest BCUT2D eigenvalue weighted by Crippen LogP contribution is -2.24. The number of carboxylic acids is 1. The number of tetrazole rings is 1. The van der Waals surface area contributed by atoms with Crippen molar-refractivity contribution in [2.75, 3.05) is 0 Å². The second kappa shape index (κ2) is 5.80. The van der Waals surface area contributed by atoms with E-state index in [1.165, 1.54) is 12.1 Å². The molecule has 0 amide bonds. The van der Waals surface area contributed by atoms with E-state index in [0.29, 0.717) is 3.57 Å². The number of aromatic nitrogens is 4. The summed E-state index contributed by atoms with van der Waals surface area (Å²) in [6, 6.07) is 3.85. The number of aromatic amines is 1. The number of H-pyrrole nitrogens is 1. The van der Waals surface area contributed by atoms with Crippen LogP contribution in [0.4, 0.5) is 0 Å². The van der Waals surface area contributed by atoms with Crippen molar-refractivity contribution in [2.24, 2.45) is 0 Å². The first-order chi connectivity index (χ1) is 9.40. The third-order valence-corrected chi connectivity index (χ3v) is 4.63. The van der Waals surface area contributed by atoms with Crippen LogP contribution in [0.5, 0.6) is 0 Å². The van der Waals surface area contributed by atoms with Crippen molar-refractivity contribution in [2.45, 2.75) is 11.4 Å². The normalized spacial score (nSPS) is 11.4. The number of aromatic carboxylic acids is 1. The van der Waals surface area contributed by atoms with E-state index < -0.39 is 16.0 Å². The number of carboxylic acid groups (broad SMARTS) is 1. The lowest BCUT2D eigenvalue weighted by atomic mass is 10.2. The van der Waals surface area contributed by atoms with Gasteiger partial charge >= 0.3 is 5.97 Å². The Morgan fingerprint density at radius 2 is 2.20 bits per heavy atom. The van der Waals surface area contributed by atoms with Crippen molar-refractivity contribution in [3.8, 4) is 0 Å². The van der Waals surface area contributed by atoms with Crippen LogP contribution in [0.1, 0.15) is 16.2 Å². The third kappa shape index (κ3) is 3.29. The van der Waals surface area contributed by atoms with Gasteiger partial charge in [0.05, 0.1) is 17.0 Å². The molecule has 0 spiro atoms. The molecule has 0 fully saturated rings. The standard InChI is InChI=1S/C9H8IN5O4S/c10-7-2-1-5(3-6(7)9(16)17)20(18,19)11-4-8-12-14-15-13-8/h1-3,11H,4H2,(H,16,17)(H,12,13,14,15). The van der Waals surface area contributed by atoms with Gasteiger partial charge in [0.2, 0.25) is 10.0 Å². The lowest BCUT2D eigenvalue weighted by Gasteiger charge is -2.06. The molecule has 0 aliphatic carbocycles. The molecule has 2 rings (SSSR count). The number of nitrogens with zero attached hydrogens (tertiary/aromatic N) is 3. The molecule has 2 aromatic rings. The first kappa shape index (κ1) is 14.8. The summed E-state index contributed by atoms with van der Waals surface area (Å²) in [4.78, 5) is 10.9. The smallest absolute Gasteiger partial charge is 0.336 e. The zero-order valence-corrected chi connectivity index (χ0v) is 12.7. The van der Waals surface area contributed by atoms with Crippen LogP contribution in [0.25, 0.3) is 0 Å². The zero-order chi connectivity index (χ0) is 14.8. The van der Waals surface area contributed by atoms with Gasteiger partial charge in [-0.2, -0.15) is 5.21 Å². The molecular weight excluding hydrogens is 401 g/mol. The first-order valence-corrected chi connectivity index (χ1v) is 7.71. The monoisotopic (exact) mass is 409 g/mol. The predicted octanol–water partition coefficient (Wildman–Crippen LogP) is -0.0190. The highest BCUT2D eigenvalue weighted by atomic mass is 127. The average molecular weight is 409 g/mol. The molecule has 20 heavy (non-hydrogen) atoms. The molecule has 0 bridgehead atoms. The van der Waals surface area contributed by atoms with E-state index in [4.69, 9.17) is 5.11 Å². The van der Waals surface area contributed by atoms with E-state index in [1.54, 1.807) is 0 Å². The largest absolute Gasteiger partial charge is 0.478 e. The number of nitrogens with one attached hydrogen (secondary N) is 2. The molecule has 3 N–H and O–H groups in total. The number of hydrogen-bond donors (Lipinski definition) is 3. The van der Waals surface area contributed by atoms with E-state index >= 15 is 0 Å². The topological polar surface area (TPSA) is 138 Å². The average Bonchev–Trinajstić information content (AvgIpc) is 2.89. The second-order valence-electron chi connectivity index (χ2n) is 3.60. The molecular formula is C9H8IN5O4S. The Kier molecular flexibility index (Phi) is 4.29. The molecule has 0 radical (unpaired) electrons. The highest BCUT2D eigenvalue weighted by Crippen LogP contribution is 2.18. The van der Waals surface area contributed by atoms with Gasteiger partial charge < -0.3 is 5.11 Å². The fraction of sp³-hybridized carbons (Fsp3) is 0.111. The van der Waals surface area contributed by atoms with Crippen molar-refractivity contribution in [1.29, 1.82) is 0 Å². The summed E-state index contributed by atoms with van der Waals surface area (Å²) in [6.07, 6.45) is 0. The summed E-state index contributed by atoms with van der Waals surface area (Å²) < 4.78 is 26.7. The van der Waals surface area contributed by atoms with Gasteiger partial charge in [-0.05, 0) is 40.8 Å². The number of hydrogen-bond acceptors (Lipinski definition) is 6. The van der Waals surface area contributed by atoms with E-state index in [-0.39, 0.29) is 22.8 Å². The molecule has 0 aliphatic heterocycles. The lowest BCUT2D eigenvalue weighted by molar-refractivity contribution is 0.0695. The van der Waals surface area contributed by atoms with Gasteiger partial charge in [-0.25, -0.2) is 17.9 Å². The minimum atomic E-state index is -3.85. The van der Waals surface area contributed by atoms with Gasteiger partial charge in [0.15, 0.2) is 5.82 Å². The van der Waals surface area contributed by atoms with E-state index in [0.717, 1.165) is 6.07 Å². The minimum Gasteiger partial charge on any atom is -0.478 e. The quantitative estimate of drug-likeness (QED) is 0.590. The zero-order valence-electron chi connectivity index (χ0n) is 9.74. The molecule has 1 aromatic carbocycles. The Morgan fingerprint density at radius 3 is 2.80 bits per heavy atom. The molecule has 0 aliphatic rings.